The van der Waals surface area contributed by atoms with Gasteiger partial charge in [-0.3, -0.25) is 0 Å². The van der Waals surface area contributed by atoms with Gasteiger partial charge in [-0.2, -0.15) is 0 Å². The minimum Gasteiger partial charge on any atom is -0.387 e. The number of halogens is 2. The summed E-state index contributed by atoms with van der Waals surface area (Å²) >= 11 is 0. The molecule has 0 fully saturated rings. The Labute approximate surface area is 145 Å². The molecule has 0 heterocycles. The van der Waals surface area contributed by atoms with Crippen molar-refractivity contribution in [3.63, 3.8) is 0 Å². The molecular weight excluding hydrogens is 320 g/mol. The molecule has 0 bridgehead atoms. The lowest BCUT2D eigenvalue weighted by Gasteiger charge is -2.13. The Bertz CT molecular complexity index is 836. The molecule has 0 aliphatic carbocycles. The average Bonchev–Trinajstić information content (AvgIpc) is 2.65. The molecule has 3 aromatic carbocycles. The van der Waals surface area contributed by atoms with E-state index >= 15 is 0 Å². The zero-order valence-corrected chi connectivity index (χ0v) is 13.6. The Morgan fingerprint density at radius 2 is 1.56 bits per heavy atom. The highest BCUT2D eigenvalue weighted by atomic mass is 19.2. The minimum absolute atomic E-state index is 0.251. The molecule has 2 N–H and O–H groups in total. The van der Waals surface area contributed by atoms with Crippen LogP contribution in [0.4, 0.5) is 8.78 Å². The Morgan fingerprint density at radius 3 is 2.32 bits per heavy atom. The molecule has 25 heavy (non-hydrogen) atoms. The molecule has 1 atom stereocenters. The largest absolute Gasteiger partial charge is 0.387 e. The summed E-state index contributed by atoms with van der Waals surface area (Å²) < 4.78 is 26.2. The third-order valence-electron chi connectivity index (χ3n) is 4.03. The van der Waals surface area contributed by atoms with Crippen LogP contribution in [0.15, 0.2) is 72.8 Å². The van der Waals surface area contributed by atoms with Crippen LogP contribution in [0.5, 0.6) is 0 Å². The maximum absolute atomic E-state index is 13.2. The molecule has 2 nitrogen and oxygen atoms in total. The van der Waals surface area contributed by atoms with Gasteiger partial charge in [0.2, 0.25) is 0 Å². The van der Waals surface area contributed by atoms with E-state index in [1.54, 1.807) is 0 Å². The van der Waals surface area contributed by atoms with Gasteiger partial charge in [0.05, 0.1) is 6.10 Å². The monoisotopic (exact) mass is 339 g/mol. The zero-order valence-electron chi connectivity index (χ0n) is 13.6. The summed E-state index contributed by atoms with van der Waals surface area (Å²) in [6.07, 6.45) is -0.896. The summed E-state index contributed by atoms with van der Waals surface area (Å²) in [5.41, 5.74) is 3.70. The maximum Gasteiger partial charge on any atom is 0.159 e. The van der Waals surface area contributed by atoms with Gasteiger partial charge in [-0.1, -0.05) is 54.6 Å². The fourth-order valence-electron chi connectivity index (χ4n) is 2.68. The van der Waals surface area contributed by atoms with E-state index in [1.807, 2.05) is 30.3 Å². The van der Waals surface area contributed by atoms with Crippen LogP contribution in [0.25, 0.3) is 11.1 Å². The van der Waals surface area contributed by atoms with E-state index in [2.05, 4.69) is 29.6 Å². The first-order valence-corrected chi connectivity index (χ1v) is 8.11. The lowest BCUT2D eigenvalue weighted by molar-refractivity contribution is 0.173. The van der Waals surface area contributed by atoms with Gasteiger partial charge in [0, 0.05) is 13.1 Å². The van der Waals surface area contributed by atoms with E-state index in [1.165, 1.54) is 6.07 Å². The van der Waals surface area contributed by atoms with Gasteiger partial charge in [-0.15, -0.1) is 0 Å². The second-order valence-corrected chi connectivity index (χ2v) is 5.89. The topological polar surface area (TPSA) is 32.3 Å². The summed E-state index contributed by atoms with van der Waals surface area (Å²) in [7, 11) is 0. The molecule has 0 unspecified atom stereocenters. The summed E-state index contributed by atoms with van der Waals surface area (Å²) in [6, 6.07) is 21.7. The number of hydrogen-bond acceptors (Lipinski definition) is 2. The van der Waals surface area contributed by atoms with Crippen molar-refractivity contribution in [1.29, 1.82) is 0 Å². The van der Waals surface area contributed by atoms with E-state index < -0.39 is 17.7 Å². The summed E-state index contributed by atoms with van der Waals surface area (Å²) in [4.78, 5) is 0. The summed E-state index contributed by atoms with van der Waals surface area (Å²) in [5.74, 6) is -1.87. The van der Waals surface area contributed by atoms with Crippen LogP contribution in [-0.2, 0) is 6.54 Å². The first kappa shape index (κ1) is 17.3. The number of hydrogen-bond donors (Lipinski definition) is 2. The molecule has 0 amide bonds. The molecule has 0 spiro atoms. The smallest absolute Gasteiger partial charge is 0.159 e. The number of benzene rings is 3. The second kappa shape index (κ2) is 8.01. The average molecular weight is 339 g/mol. The first-order valence-electron chi connectivity index (χ1n) is 8.11. The minimum atomic E-state index is -0.952. The molecule has 4 heteroatoms. The van der Waals surface area contributed by atoms with Crippen molar-refractivity contribution in [2.24, 2.45) is 0 Å². The van der Waals surface area contributed by atoms with E-state index in [9.17, 15) is 13.9 Å². The standard InChI is InChI=1S/C21H19F2NO/c22-19-10-9-18(12-20(19)23)21(25)14-24-13-15-5-4-8-17(11-15)16-6-2-1-3-7-16/h1-12,21,24-25H,13-14H2/t21-/m1/s1. The van der Waals surface area contributed by atoms with Crippen molar-refractivity contribution in [3.8, 4) is 11.1 Å². The molecule has 128 valence electrons. The Balaban J connectivity index is 1.59. The molecule has 0 aliphatic rings. The highest BCUT2D eigenvalue weighted by Crippen LogP contribution is 2.20. The van der Waals surface area contributed by atoms with Crippen LogP contribution in [0.3, 0.4) is 0 Å². The molecule has 3 aromatic rings. The van der Waals surface area contributed by atoms with Crippen molar-refractivity contribution in [2.75, 3.05) is 6.54 Å². The molecule has 0 aromatic heterocycles. The van der Waals surface area contributed by atoms with Crippen LogP contribution in [0.2, 0.25) is 0 Å². The highest BCUT2D eigenvalue weighted by molar-refractivity contribution is 5.63. The Kier molecular flexibility index (Phi) is 5.53. The zero-order chi connectivity index (χ0) is 17.6. The van der Waals surface area contributed by atoms with Crippen LogP contribution in [0, 0.1) is 11.6 Å². The van der Waals surface area contributed by atoms with Crippen molar-refractivity contribution in [1.82, 2.24) is 5.32 Å². The fraction of sp³-hybridized carbons (Fsp3) is 0.143. The number of aliphatic hydroxyl groups excluding tert-OH is 1. The summed E-state index contributed by atoms with van der Waals surface area (Å²) in [5, 5.41) is 13.2. The number of rotatable bonds is 6. The van der Waals surface area contributed by atoms with Crippen molar-refractivity contribution >= 4 is 0 Å². The third-order valence-corrected chi connectivity index (χ3v) is 4.03. The van der Waals surface area contributed by atoms with Gasteiger partial charge in [-0.05, 0) is 40.5 Å². The maximum atomic E-state index is 13.2. The normalized spacial score (nSPS) is 12.1. The fourth-order valence-corrected chi connectivity index (χ4v) is 2.68. The number of aliphatic hydroxyl groups is 1. The van der Waals surface area contributed by atoms with Crippen molar-refractivity contribution in [3.05, 3.63) is 95.6 Å². The molecule has 0 radical (unpaired) electrons. The highest BCUT2D eigenvalue weighted by Gasteiger charge is 2.10. The molecule has 0 saturated carbocycles. The van der Waals surface area contributed by atoms with Gasteiger partial charge in [0.15, 0.2) is 11.6 Å². The van der Waals surface area contributed by atoms with E-state index in [0.717, 1.165) is 28.8 Å². The van der Waals surface area contributed by atoms with Crippen LogP contribution in [-0.4, -0.2) is 11.7 Å². The lowest BCUT2D eigenvalue weighted by atomic mass is 10.0. The van der Waals surface area contributed by atoms with E-state index in [0.29, 0.717) is 12.1 Å². The summed E-state index contributed by atoms with van der Waals surface area (Å²) in [6.45, 7) is 0.821. The SMILES string of the molecule is O[C@H](CNCc1cccc(-c2ccccc2)c1)c1ccc(F)c(F)c1. The Hall–Kier alpha value is -2.56. The molecule has 3 rings (SSSR count). The molecule has 0 saturated heterocycles. The predicted molar refractivity (Wildman–Crippen MR) is 94.9 cm³/mol. The quantitative estimate of drug-likeness (QED) is 0.695. The lowest BCUT2D eigenvalue weighted by Crippen LogP contribution is -2.21. The Morgan fingerprint density at radius 1 is 0.800 bits per heavy atom. The molecular formula is C21H19F2NO. The predicted octanol–water partition coefficient (Wildman–Crippen LogP) is 4.46. The van der Waals surface area contributed by atoms with Gasteiger partial charge in [-0.25, -0.2) is 8.78 Å². The number of nitrogens with one attached hydrogen (secondary N) is 1. The van der Waals surface area contributed by atoms with Gasteiger partial charge >= 0.3 is 0 Å². The van der Waals surface area contributed by atoms with E-state index in [-0.39, 0.29) is 6.54 Å². The van der Waals surface area contributed by atoms with Gasteiger partial charge in [0.25, 0.3) is 0 Å². The van der Waals surface area contributed by atoms with Crippen molar-refractivity contribution < 1.29 is 13.9 Å². The van der Waals surface area contributed by atoms with Crippen LogP contribution < -0.4 is 5.32 Å². The van der Waals surface area contributed by atoms with Gasteiger partial charge < -0.3 is 10.4 Å². The van der Waals surface area contributed by atoms with Crippen molar-refractivity contribution in [2.45, 2.75) is 12.6 Å². The molecule has 0 aliphatic heterocycles. The first-order chi connectivity index (χ1) is 12.1. The second-order valence-electron chi connectivity index (χ2n) is 5.89. The van der Waals surface area contributed by atoms with Gasteiger partial charge in [0.1, 0.15) is 0 Å². The van der Waals surface area contributed by atoms with Crippen LogP contribution >= 0.6 is 0 Å². The van der Waals surface area contributed by atoms with E-state index in [4.69, 9.17) is 0 Å². The third kappa shape index (κ3) is 4.50. The van der Waals surface area contributed by atoms with Crippen LogP contribution in [0.1, 0.15) is 17.2 Å².